The van der Waals surface area contributed by atoms with E-state index in [0.29, 0.717) is 49.6 Å². The smallest absolute Gasteiger partial charge is 0.255 e. The van der Waals surface area contributed by atoms with Crippen LogP contribution in [0.5, 0.6) is 5.75 Å². The van der Waals surface area contributed by atoms with Crippen LogP contribution >= 0.6 is 11.6 Å². The van der Waals surface area contributed by atoms with Crippen molar-refractivity contribution in [2.75, 3.05) is 57.3 Å². The highest BCUT2D eigenvalue weighted by atomic mass is 35.5. The van der Waals surface area contributed by atoms with Gasteiger partial charge in [-0.15, -0.1) is 0 Å². The first-order valence-electron chi connectivity index (χ1n) is 23.3. The average Bonchev–Trinajstić information content (AvgIpc) is 3.96. The van der Waals surface area contributed by atoms with Crippen LogP contribution < -0.4 is 15.0 Å². The number of hydrogen-bond acceptors (Lipinski definition) is 9. The van der Waals surface area contributed by atoms with Crippen LogP contribution in [0.2, 0.25) is 5.02 Å². The molecule has 1 N–H and O–H groups in total. The fourth-order valence-electron chi connectivity index (χ4n) is 10.7. The lowest BCUT2D eigenvalue weighted by Crippen LogP contribution is -2.52. The Balaban J connectivity index is 0.738. The summed E-state index contributed by atoms with van der Waals surface area (Å²) < 4.78 is 53.1. The predicted molar refractivity (Wildman–Crippen MR) is 240 cm³/mol. The SMILES string of the molecule is O=C1CCC(N2Cc3c(cc(F)cc3C3CCN(CCCCCCCOc4cccc(F)c4-c4c(Cl)cc5c(N6CCN(C(=O)C7CCCC7)CC6)ncnc5c4F)CC3)C2=O)C(=O)N1. The second-order valence-corrected chi connectivity index (χ2v) is 18.6. The van der Waals surface area contributed by atoms with Gasteiger partial charge in [-0.1, -0.05) is 49.8 Å². The van der Waals surface area contributed by atoms with Crippen molar-refractivity contribution in [3.05, 3.63) is 81.9 Å². The number of piperazine rings is 1. The van der Waals surface area contributed by atoms with Crippen molar-refractivity contribution < 1.29 is 37.1 Å². The molecule has 1 unspecified atom stereocenters. The lowest BCUT2D eigenvalue weighted by molar-refractivity contribution is -0.137. The maximum Gasteiger partial charge on any atom is 0.255 e. The van der Waals surface area contributed by atoms with Gasteiger partial charge in [-0.2, -0.15) is 0 Å². The number of hydrogen-bond donors (Lipinski definition) is 1. The molecule has 12 nitrogen and oxygen atoms in total. The molecule has 9 rings (SSSR count). The summed E-state index contributed by atoms with van der Waals surface area (Å²) >= 11 is 6.79. The van der Waals surface area contributed by atoms with Gasteiger partial charge in [0, 0.05) is 61.6 Å². The summed E-state index contributed by atoms with van der Waals surface area (Å²) in [5.74, 6) is -1.89. The van der Waals surface area contributed by atoms with E-state index in [1.807, 2.05) is 9.80 Å². The first kappa shape index (κ1) is 44.9. The molecule has 1 aliphatic carbocycles. The van der Waals surface area contributed by atoms with Gasteiger partial charge in [0.05, 0.1) is 17.2 Å². The Labute approximate surface area is 381 Å². The summed E-state index contributed by atoms with van der Waals surface area (Å²) in [6.07, 6.45) is 12.2. The number of rotatable bonds is 14. The molecule has 1 aromatic heterocycles. The average molecular weight is 914 g/mol. The topological polar surface area (TPSA) is 128 Å². The van der Waals surface area contributed by atoms with Gasteiger partial charge in [-0.3, -0.25) is 24.5 Å². The standard InChI is InChI=1S/C49H55ClF3N7O5/c50-37-27-35-45(54-29-55-46(35)58-20-22-59(23-21-58)48(63)31-9-4-5-10-31)44(53)42(37)43-38(52)11-8-12-40(43)65-24-7-3-1-2-6-17-57-18-15-30(16-19-57)33-25-32(51)26-34-36(33)28-60(49(34)64)39-13-14-41(61)56-47(39)62/h8,11-12,25-27,29-31,39H,1-7,9-10,13-24,28H2,(H,56,61,62). The van der Waals surface area contributed by atoms with Crippen LogP contribution in [0.25, 0.3) is 22.0 Å². The number of carbonyl (C=O) groups excluding carboxylic acids is 4. The maximum atomic E-state index is 16.5. The minimum atomic E-state index is -0.752. The molecule has 0 bridgehead atoms. The van der Waals surface area contributed by atoms with E-state index in [1.54, 1.807) is 18.2 Å². The van der Waals surface area contributed by atoms with E-state index in [-0.39, 0.29) is 76.4 Å². The van der Waals surface area contributed by atoms with Crippen LogP contribution in [0.4, 0.5) is 19.0 Å². The van der Waals surface area contributed by atoms with Crippen LogP contribution in [-0.4, -0.2) is 107 Å². The number of fused-ring (bicyclic) bond motifs is 2. The fourth-order valence-corrected chi connectivity index (χ4v) is 11.0. The molecule has 5 heterocycles. The minimum absolute atomic E-state index is 0.0209. The number of carbonyl (C=O) groups is 4. The molecule has 1 saturated carbocycles. The van der Waals surface area contributed by atoms with Crippen LogP contribution in [0, 0.1) is 23.4 Å². The Hall–Kier alpha value is -5.28. The predicted octanol–water partition coefficient (Wildman–Crippen LogP) is 8.18. The summed E-state index contributed by atoms with van der Waals surface area (Å²) in [7, 11) is 0. The van der Waals surface area contributed by atoms with Crippen molar-refractivity contribution in [2.24, 2.45) is 5.92 Å². The zero-order valence-corrected chi connectivity index (χ0v) is 37.3. The Kier molecular flexibility index (Phi) is 13.6. The van der Waals surface area contributed by atoms with Gasteiger partial charge in [0.25, 0.3) is 5.91 Å². The van der Waals surface area contributed by atoms with Gasteiger partial charge in [-0.25, -0.2) is 23.1 Å². The zero-order chi connectivity index (χ0) is 45.2. The highest BCUT2D eigenvalue weighted by Gasteiger charge is 2.41. The largest absolute Gasteiger partial charge is 0.493 e. The number of unbranched alkanes of at least 4 members (excludes halogenated alkanes) is 4. The first-order chi connectivity index (χ1) is 31.5. The zero-order valence-electron chi connectivity index (χ0n) is 36.6. The van der Waals surface area contributed by atoms with Gasteiger partial charge < -0.3 is 24.3 Å². The number of halogens is 4. The summed E-state index contributed by atoms with van der Waals surface area (Å²) in [4.78, 5) is 67.2. The molecule has 16 heteroatoms. The van der Waals surface area contributed by atoms with E-state index in [1.165, 1.54) is 29.4 Å². The number of imide groups is 1. The van der Waals surface area contributed by atoms with Crippen LogP contribution in [0.15, 0.2) is 42.7 Å². The van der Waals surface area contributed by atoms with E-state index in [2.05, 4.69) is 20.2 Å². The van der Waals surface area contributed by atoms with Crippen molar-refractivity contribution in [2.45, 2.75) is 102 Å². The fraction of sp³-hybridized carbons (Fsp3) is 0.510. The first-order valence-corrected chi connectivity index (χ1v) is 23.7. The number of ether oxygens (including phenoxy) is 1. The monoisotopic (exact) mass is 913 g/mol. The minimum Gasteiger partial charge on any atom is -0.493 e. The maximum absolute atomic E-state index is 16.5. The Morgan fingerprint density at radius 1 is 0.846 bits per heavy atom. The van der Waals surface area contributed by atoms with Gasteiger partial charge in [0.15, 0.2) is 5.82 Å². The van der Waals surface area contributed by atoms with E-state index in [9.17, 15) is 23.6 Å². The molecule has 4 aliphatic heterocycles. The molecule has 3 saturated heterocycles. The third kappa shape index (κ3) is 9.41. The van der Waals surface area contributed by atoms with Crippen LogP contribution in [0.3, 0.4) is 0 Å². The van der Waals surface area contributed by atoms with E-state index in [0.717, 1.165) is 101 Å². The Bertz CT molecular complexity index is 2470. The molecule has 5 aliphatic rings. The number of likely N-dealkylation sites (tertiary alicyclic amines) is 1. The van der Waals surface area contributed by atoms with Crippen molar-refractivity contribution in [3.8, 4) is 16.9 Å². The molecule has 4 fully saturated rings. The molecule has 4 aromatic rings. The lowest BCUT2D eigenvalue weighted by Gasteiger charge is -2.37. The highest BCUT2D eigenvalue weighted by molar-refractivity contribution is 6.34. The summed E-state index contributed by atoms with van der Waals surface area (Å²) in [6, 6.07) is 8.09. The molecular formula is C49H55ClF3N7O5. The summed E-state index contributed by atoms with van der Waals surface area (Å²) in [6.45, 7) is 5.42. The van der Waals surface area contributed by atoms with Crippen LogP contribution in [0.1, 0.15) is 111 Å². The Morgan fingerprint density at radius 2 is 1.60 bits per heavy atom. The number of nitrogens with one attached hydrogen (secondary N) is 1. The lowest BCUT2D eigenvalue weighted by atomic mass is 9.85. The number of aromatic nitrogens is 2. The second kappa shape index (κ2) is 19.7. The van der Waals surface area contributed by atoms with Gasteiger partial charge in [-0.05, 0) is 112 Å². The van der Waals surface area contributed by atoms with E-state index < -0.39 is 29.4 Å². The number of piperidine rings is 2. The van der Waals surface area contributed by atoms with Gasteiger partial charge in [0.2, 0.25) is 17.7 Å². The third-order valence-corrected chi connectivity index (χ3v) is 14.5. The molecule has 4 amide bonds. The normalized spacial score (nSPS) is 20.0. The molecule has 344 valence electrons. The Morgan fingerprint density at radius 3 is 2.37 bits per heavy atom. The quantitative estimate of drug-likeness (QED) is 0.0985. The van der Waals surface area contributed by atoms with Crippen molar-refractivity contribution in [1.82, 2.24) is 30.0 Å². The molecule has 0 spiro atoms. The number of benzene rings is 3. The third-order valence-electron chi connectivity index (χ3n) is 14.2. The van der Waals surface area contributed by atoms with E-state index >= 15 is 8.78 Å². The van der Waals surface area contributed by atoms with Gasteiger partial charge in [0.1, 0.15) is 41.1 Å². The van der Waals surface area contributed by atoms with Crippen molar-refractivity contribution >= 4 is 52.0 Å². The number of anilines is 1. The highest BCUT2D eigenvalue weighted by Crippen LogP contribution is 2.43. The summed E-state index contributed by atoms with van der Waals surface area (Å²) in [5.41, 5.74) is 1.83. The molecule has 3 aromatic carbocycles. The van der Waals surface area contributed by atoms with Crippen molar-refractivity contribution in [1.29, 1.82) is 0 Å². The molecule has 1 atom stereocenters. The number of nitrogens with zero attached hydrogens (tertiary/aromatic N) is 6. The number of amides is 4. The molecular weight excluding hydrogens is 859 g/mol. The summed E-state index contributed by atoms with van der Waals surface area (Å²) in [5, 5.41) is 2.77. The van der Waals surface area contributed by atoms with Crippen molar-refractivity contribution in [3.63, 3.8) is 0 Å². The van der Waals surface area contributed by atoms with Gasteiger partial charge >= 0.3 is 0 Å². The van der Waals surface area contributed by atoms with E-state index in [4.69, 9.17) is 16.3 Å². The molecule has 65 heavy (non-hydrogen) atoms. The van der Waals surface area contributed by atoms with Crippen LogP contribution in [-0.2, 0) is 20.9 Å². The molecule has 0 radical (unpaired) electrons. The second-order valence-electron chi connectivity index (χ2n) is 18.2.